The van der Waals surface area contributed by atoms with Crippen molar-refractivity contribution in [2.24, 2.45) is 5.73 Å². The van der Waals surface area contributed by atoms with Crippen molar-refractivity contribution in [1.82, 2.24) is 15.5 Å². The molecule has 1 aromatic carbocycles. The standard InChI is InChI=1S/C27H44N4O5/c1-8-9-10-11-16-31(23(24(33)29-18(2)3)20-14-12-19(4)13-15-20)25(34)21(17-22(28)32)30-26(35)36-27(5,6)7/h12-15,18,21,23H,8-11,16-17H2,1-7H3,(H2,28,32)(H,29,33)(H,30,35). The van der Waals surface area contributed by atoms with Crippen LogP contribution < -0.4 is 16.4 Å². The highest BCUT2D eigenvalue weighted by atomic mass is 16.6. The molecule has 4 N–H and O–H groups in total. The number of nitrogens with two attached hydrogens (primary N) is 1. The number of aryl methyl sites for hydroxylation is 1. The third-order valence-corrected chi connectivity index (χ3v) is 5.31. The van der Waals surface area contributed by atoms with E-state index in [1.165, 1.54) is 4.90 Å². The van der Waals surface area contributed by atoms with Gasteiger partial charge in [-0.1, -0.05) is 56.0 Å². The van der Waals surface area contributed by atoms with E-state index in [1.54, 1.807) is 20.8 Å². The summed E-state index contributed by atoms with van der Waals surface area (Å²) in [5.41, 5.74) is 6.27. The van der Waals surface area contributed by atoms with E-state index in [1.807, 2.05) is 45.0 Å². The van der Waals surface area contributed by atoms with E-state index < -0.39 is 42.0 Å². The summed E-state index contributed by atoms with van der Waals surface area (Å²) in [7, 11) is 0. The second kappa shape index (κ2) is 14.5. The van der Waals surface area contributed by atoms with Crippen LogP contribution in [0.4, 0.5) is 4.79 Å². The molecule has 1 rings (SSSR count). The summed E-state index contributed by atoms with van der Waals surface area (Å²) in [6, 6.07) is 5.02. The Balaban J connectivity index is 3.45. The van der Waals surface area contributed by atoms with Gasteiger partial charge in [0.2, 0.25) is 17.7 Å². The van der Waals surface area contributed by atoms with Gasteiger partial charge in [-0.3, -0.25) is 14.4 Å². The summed E-state index contributed by atoms with van der Waals surface area (Å²) in [6.07, 6.45) is 2.26. The first-order chi connectivity index (χ1) is 16.7. The van der Waals surface area contributed by atoms with Crippen LogP contribution in [0.2, 0.25) is 0 Å². The van der Waals surface area contributed by atoms with Crippen molar-refractivity contribution in [2.75, 3.05) is 6.54 Å². The maximum atomic E-state index is 13.9. The van der Waals surface area contributed by atoms with Gasteiger partial charge >= 0.3 is 6.09 Å². The molecule has 202 valence electrons. The first kappa shape index (κ1) is 30.9. The van der Waals surface area contributed by atoms with Crippen molar-refractivity contribution in [3.05, 3.63) is 35.4 Å². The van der Waals surface area contributed by atoms with E-state index in [2.05, 4.69) is 17.6 Å². The molecule has 9 heteroatoms. The van der Waals surface area contributed by atoms with Crippen LogP contribution in [-0.2, 0) is 19.1 Å². The number of carbonyl (C=O) groups excluding carboxylic acids is 4. The summed E-state index contributed by atoms with van der Waals surface area (Å²) in [6.45, 7) is 13.1. The first-order valence-electron chi connectivity index (χ1n) is 12.7. The number of benzene rings is 1. The number of ether oxygens (including phenoxy) is 1. The Bertz CT molecular complexity index is 877. The molecule has 0 bridgehead atoms. The monoisotopic (exact) mass is 504 g/mol. The fourth-order valence-corrected chi connectivity index (χ4v) is 3.71. The van der Waals surface area contributed by atoms with E-state index in [4.69, 9.17) is 10.5 Å². The molecule has 36 heavy (non-hydrogen) atoms. The number of unbranched alkanes of at least 4 members (excludes halogenated alkanes) is 3. The number of primary amides is 1. The lowest BCUT2D eigenvalue weighted by Crippen LogP contribution is -2.54. The predicted octanol–water partition coefficient (Wildman–Crippen LogP) is 3.74. The SMILES string of the molecule is CCCCCCN(C(=O)C(CC(N)=O)NC(=O)OC(C)(C)C)C(C(=O)NC(C)C)c1ccc(C)cc1. The lowest BCUT2D eigenvalue weighted by atomic mass is 10.00. The quantitative estimate of drug-likeness (QED) is 0.352. The van der Waals surface area contributed by atoms with Crippen LogP contribution >= 0.6 is 0 Å². The molecule has 0 aliphatic carbocycles. The summed E-state index contributed by atoms with van der Waals surface area (Å²) < 4.78 is 5.30. The molecule has 9 nitrogen and oxygen atoms in total. The maximum absolute atomic E-state index is 13.9. The van der Waals surface area contributed by atoms with Crippen molar-refractivity contribution in [3.63, 3.8) is 0 Å². The van der Waals surface area contributed by atoms with Gasteiger partial charge in [0.25, 0.3) is 0 Å². The number of carbonyl (C=O) groups is 4. The molecule has 0 aliphatic heterocycles. The highest BCUT2D eigenvalue weighted by Gasteiger charge is 2.36. The number of hydrogen-bond donors (Lipinski definition) is 3. The third kappa shape index (κ3) is 11.1. The lowest BCUT2D eigenvalue weighted by molar-refractivity contribution is -0.143. The van der Waals surface area contributed by atoms with Gasteiger partial charge < -0.3 is 26.0 Å². The fraction of sp³-hybridized carbons (Fsp3) is 0.630. The molecular weight excluding hydrogens is 460 g/mol. The molecule has 0 aliphatic rings. The van der Waals surface area contributed by atoms with Crippen LogP contribution in [0, 0.1) is 6.92 Å². The lowest BCUT2D eigenvalue weighted by Gasteiger charge is -2.35. The number of rotatable bonds is 13. The number of nitrogens with one attached hydrogen (secondary N) is 2. The maximum Gasteiger partial charge on any atom is 0.408 e. The van der Waals surface area contributed by atoms with E-state index in [0.717, 1.165) is 24.8 Å². The number of amides is 4. The molecule has 0 spiro atoms. The molecule has 2 unspecified atom stereocenters. The van der Waals surface area contributed by atoms with Crippen LogP contribution in [0.25, 0.3) is 0 Å². The van der Waals surface area contributed by atoms with Crippen LogP contribution in [0.15, 0.2) is 24.3 Å². The molecule has 0 heterocycles. The fourth-order valence-electron chi connectivity index (χ4n) is 3.71. The second-order valence-electron chi connectivity index (χ2n) is 10.4. The molecule has 0 saturated heterocycles. The normalized spacial score (nSPS) is 13.0. The smallest absolute Gasteiger partial charge is 0.408 e. The first-order valence-corrected chi connectivity index (χ1v) is 12.7. The van der Waals surface area contributed by atoms with E-state index in [-0.39, 0.29) is 18.5 Å². The summed E-state index contributed by atoms with van der Waals surface area (Å²) >= 11 is 0. The van der Waals surface area contributed by atoms with Crippen LogP contribution in [0.1, 0.15) is 90.8 Å². The van der Waals surface area contributed by atoms with Gasteiger partial charge in [-0.25, -0.2) is 4.79 Å². The Morgan fingerprint density at radius 1 is 1.00 bits per heavy atom. The Labute approximate surface area is 215 Å². The highest BCUT2D eigenvalue weighted by molar-refractivity contribution is 5.94. The van der Waals surface area contributed by atoms with Crippen molar-refractivity contribution in [1.29, 1.82) is 0 Å². The van der Waals surface area contributed by atoms with Gasteiger partial charge in [0.05, 0.1) is 6.42 Å². The summed E-state index contributed by atoms with van der Waals surface area (Å²) in [5.74, 6) is -1.66. The van der Waals surface area contributed by atoms with Crippen molar-refractivity contribution < 1.29 is 23.9 Å². The predicted molar refractivity (Wildman–Crippen MR) is 140 cm³/mol. The number of nitrogens with zero attached hydrogens (tertiary/aromatic N) is 1. The average molecular weight is 505 g/mol. The van der Waals surface area contributed by atoms with Gasteiger partial charge in [0.15, 0.2) is 0 Å². The average Bonchev–Trinajstić information content (AvgIpc) is 2.73. The summed E-state index contributed by atoms with van der Waals surface area (Å²) in [4.78, 5) is 53.1. The number of hydrogen-bond acceptors (Lipinski definition) is 5. The van der Waals surface area contributed by atoms with Crippen LogP contribution in [0.3, 0.4) is 0 Å². The molecule has 0 radical (unpaired) electrons. The Hall–Kier alpha value is -3.10. The number of alkyl carbamates (subject to hydrolysis) is 1. The Kier molecular flexibility index (Phi) is 12.4. The van der Waals surface area contributed by atoms with Gasteiger partial charge in [0, 0.05) is 12.6 Å². The minimum absolute atomic E-state index is 0.149. The zero-order chi connectivity index (χ0) is 27.5. The van der Waals surface area contributed by atoms with Crippen molar-refractivity contribution in [3.8, 4) is 0 Å². The molecule has 2 atom stereocenters. The molecule has 0 saturated carbocycles. The largest absolute Gasteiger partial charge is 0.444 e. The molecule has 0 fully saturated rings. The molecule has 4 amide bonds. The Morgan fingerprint density at radius 2 is 1.61 bits per heavy atom. The summed E-state index contributed by atoms with van der Waals surface area (Å²) in [5, 5.41) is 5.40. The topological polar surface area (TPSA) is 131 Å². The minimum atomic E-state index is -1.27. The van der Waals surface area contributed by atoms with E-state index in [9.17, 15) is 19.2 Å². The third-order valence-electron chi connectivity index (χ3n) is 5.31. The van der Waals surface area contributed by atoms with E-state index in [0.29, 0.717) is 12.0 Å². The van der Waals surface area contributed by atoms with Crippen LogP contribution in [0.5, 0.6) is 0 Å². The molecular formula is C27H44N4O5. The molecule has 0 aromatic heterocycles. The van der Waals surface area contributed by atoms with Crippen molar-refractivity contribution >= 4 is 23.8 Å². The van der Waals surface area contributed by atoms with Gasteiger partial charge in [-0.2, -0.15) is 0 Å². The van der Waals surface area contributed by atoms with Gasteiger partial charge in [-0.05, 0) is 53.5 Å². The van der Waals surface area contributed by atoms with Gasteiger partial charge in [-0.15, -0.1) is 0 Å². The zero-order valence-electron chi connectivity index (χ0n) is 22.8. The van der Waals surface area contributed by atoms with E-state index >= 15 is 0 Å². The zero-order valence-corrected chi connectivity index (χ0v) is 22.8. The van der Waals surface area contributed by atoms with Crippen molar-refractivity contribution in [2.45, 2.75) is 104 Å². The Morgan fingerprint density at radius 3 is 2.11 bits per heavy atom. The van der Waals surface area contributed by atoms with Gasteiger partial charge in [0.1, 0.15) is 17.7 Å². The van der Waals surface area contributed by atoms with Crippen LogP contribution in [-0.4, -0.2) is 52.9 Å². The minimum Gasteiger partial charge on any atom is -0.444 e. The molecule has 1 aromatic rings. The highest BCUT2D eigenvalue weighted by Crippen LogP contribution is 2.25. The second-order valence-corrected chi connectivity index (χ2v) is 10.4.